The van der Waals surface area contributed by atoms with Crippen LogP contribution in [-0.4, -0.2) is 46.9 Å². The third kappa shape index (κ3) is 4.29. The minimum atomic E-state index is 0.163. The summed E-state index contributed by atoms with van der Waals surface area (Å²) in [4.78, 5) is 22.4. The zero-order valence-electron chi connectivity index (χ0n) is 15.4. The molecule has 0 N–H and O–H groups in total. The summed E-state index contributed by atoms with van der Waals surface area (Å²) in [7, 11) is 0. The van der Waals surface area contributed by atoms with Crippen molar-refractivity contribution in [1.82, 2.24) is 14.8 Å². The zero-order valence-corrected chi connectivity index (χ0v) is 17.1. The number of thiophene rings is 1. The molecule has 1 aliphatic rings. The van der Waals surface area contributed by atoms with E-state index in [9.17, 15) is 4.79 Å². The molecule has 0 aliphatic carbocycles. The van der Waals surface area contributed by atoms with Gasteiger partial charge in [-0.05, 0) is 23.4 Å². The topological polar surface area (TPSA) is 36.4 Å². The fourth-order valence-corrected chi connectivity index (χ4v) is 4.80. The van der Waals surface area contributed by atoms with E-state index in [4.69, 9.17) is 4.98 Å². The molecule has 2 aromatic heterocycles. The number of amides is 1. The lowest BCUT2D eigenvalue weighted by atomic mass is 10.1. The van der Waals surface area contributed by atoms with Gasteiger partial charge in [-0.25, -0.2) is 4.98 Å². The van der Waals surface area contributed by atoms with Gasteiger partial charge < -0.3 is 4.90 Å². The maximum absolute atomic E-state index is 12.4. The summed E-state index contributed by atoms with van der Waals surface area (Å²) in [6, 6.07) is 12.5. The van der Waals surface area contributed by atoms with E-state index in [1.165, 1.54) is 22.5 Å². The molecule has 1 amide bonds. The van der Waals surface area contributed by atoms with Crippen molar-refractivity contribution < 1.29 is 4.79 Å². The highest BCUT2D eigenvalue weighted by Gasteiger charge is 2.23. The Morgan fingerprint density at radius 1 is 1.07 bits per heavy atom. The van der Waals surface area contributed by atoms with E-state index in [2.05, 4.69) is 41.5 Å². The molecule has 1 aliphatic heterocycles. The fraction of sp³-hybridized carbons (Fsp3) is 0.333. The van der Waals surface area contributed by atoms with Crippen LogP contribution in [0.1, 0.15) is 27.9 Å². The molecule has 3 heterocycles. The largest absolute Gasteiger partial charge is 0.335 e. The van der Waals surface area contributed by atoms with Crippen LogP contribution in [0, 0.1) is 0 Å². The molecule has 1 aromatic carbocycles. The average Bonchev–Trinajstić information content (AvgIpc) is 3.40. The van der Waals surface area contributed by atoms with Crippen LogP contribution in [0.4, 0.5) is 0 Å². The van der Waals surface area contributed by atoms with Crippen LogP contribution in [0.3, 0.4) is 0 Å². The van der Waals surface area contributed by atoms with E-state index in [0.717, 1.165) is 54.7 Å². The molecule has 1 saturated heterocycles. The monoisotopic (exact) mass is 397 g/mol. The predicted molar refractivity (Wildman–Crippen MR) is 112 cm³/mol. The van der Waals surface area contributed by atoms with Crippen molar-refractivity contribution in [2.45, 2.75) is 19.9 Å². The normalized spacial score (nSPS) is 15.2. The molecule has 140 valence electrons. The Morgan fingerprint density at radius 3 is 2.52 bits per heavy atom. The van der Waals surface area contributed by atoms with Crippen LogP contribution in [0.2, 0.25) is 0 Å². The number of aryl methyl sites for hydroxylation is 1. The van der Waals surface area contributed by atoms with Gasteiger partial charge in [0.2, 0.25) is 0 Å². The highest BCUT2D eigenvalue weighted by atomic mass is 32.1. The number of carbonyl (C=O) groups excluding carboxylic acids is 1. The molecule has 0 atom stereocenters. The van der Waals surface area contributed by atoms with Crippen molar-refractivity contribution in [1.29, 1.82) is 0 Å². The van der Waals surface area contributed by atoms with Gasteiger partial charge in [0.15, 0.2) is 0 Å². The molecule has 1 fully saturated rings. The van der Waals surface area contributed by atoms with E-state index < -0.39 is 0 Å². The minimum Gasteiger partial charge on any atom is -0.335 e. The minimum absolute atomic E-state index is 0.163. The first-order chi connectivity index (χ1) is 13.2. The highest BCUT2D eigenvalue weighted by Crippen LogP contribution is 2.25. The SMILES string of the molecule is CCc1ccc(-c2nc(CN3CCN(C(=O)c4cccs4)CC3)cs2)cc1. The van der Waals surface area contributed by atoms with Gasteiger partial charge in [-0.3, -0.25) is 9.69 Å². The molecule has 27 heavy (non-hydrogen) atoms. The second-order valence-electron chi connectivity index (χ2n) is 6.74. The van der Waals surface area contributed by atoms with Crippen LogP contribution in [-0.2, 0) is 13.0 Å². The number of hydrogen-bond donors (Lipinski definition) is 0. The maximum atomic E-state index is 12.4. The predicted octanol–water partition coefficient (Wildman–Crippen LogP) is 4.39. The Balaban J connectivity index is 1.33. The molecular formula is C21H23N3OS2. The first-order valence-electron chi connectivity index (χ1n) is 9.32. The molecular weight excluding hydrogens is 374 g/mol. The van der Waals surface area contributed by atoms with Crippen molar-refractivity contribution in [2.24, 2.45) is 0 Å². The Labute approximate surface area is 168 Å². The zero-order chi connectivity index (χ0) is 18.6. The number of benzene rings is 1. The van der Waals surface area contributed by atoms with Crippen LogP contribution < -0.4 is 0 Å². The third-order valence-corrected chi connectivity index (χ3v) is 6.74. The molecule has 0 radical (unpaired) electrons. The summed E-state index contributed by atoms with van der Waals surface area (Å²) in [5.41, 5.74) is 3.66. The lowest BCUT2D eigenvalue weighted by Gasteiger charge is -2.34. The van der Waals surface area contributed by atoms with Crippen molar-refractivity contribution in [2.75, 3.05) is 26.2 Å². The Morgan fingerprint density at radius 2 is 1.85 bits per heavy atom. The standard InChI is InChI=1S/C21H23N3OS2/c1-2-16-5-7-17(8-6-16)20-22-18(15-27-20)14-23-9-11-24(12-10-23)21(25)19-4-3-13-26-19/h3-8,13,15H,2,9-12,14H2,1H3. The number of piperazine rings is 1. The van der Waals surface area contributed by atoms with Gasteiger partial charge in [0.05, 0.1) is 10.6 Å². The Hall–Kier alpha value is -2.02. The highest BCUT2D eigenvalue weighted by molar-refractivity contribution is 7.13. The summed E-state index contributed by atoms with van der Waals surface area (Å²) >= 11 is 3.22. The first kappa shape index (κ1) is 18.3. The summed E-state index contributed by atoms with van der Waals surface area (Å²) in [6.07, 6.45) is 1.06. The van der Waals surface area contributed by atoms with Gasteiger partial charge in [0.1, 0.15) is 5.01 Å². The number of hydrogen-bond acceptors (Lipinski definition) is 5. The molecule has 4 rings (SSSR count). The van der Waals surface area contributed by atoms with Crippen molar-refractivity contribution in [3.8, 4) is 10.6 Å². The van der Waals surface area contributed by atoms with E-state index in [1.54, 1.807) is 11.3 Å². The lowest BCUT2D eigenvalue weighted by molar-refractivity contribution is 0.0632. The van der Waals surface area contributed by atoms with E-state index >= 15 is 0 Å². The second-order valence-corrected chi connectivity index (χ2v) is 8.55. The van der Waals surface area contributed by atoms with Gasteiger partial charge in [0.25, 0.3) is 5.91 Å². The van der Waals surface area contributed by atoms with E-state index in [0.29, 0.717) is 0 Å². The fourth-order valence-electron chi connectivity index (χ4n) is 3.29. The average molecular weight is 398 g/mol. The van der Waals surface area contributed by atoms with Crippen molar-refractivity contribution >= 4 is 28.6 Å². The van der Waals surface area contributed by atoms with Gasteiger partial charge in [0, 0.05) is 43.7 Å². The number of nitrogens with zero attached hydrogens (tertiary/aromatic N) is 3. The number of thiazole rings is 1. The van der Waals surface area contributed by atoms with Gasteiger partial charge >= 0.3 is 0 Å². The first-order valence-corrected chi connectivity index (χ1v) is 11.1. The third-order valence-electron chi connectivity index (χ3n) is 4.94. The molecule has 0 spiro atoms. The van der Waals surface area contributed by atoms with Crippen LogP contribution in [0.15, 0.2) is 47.2 Å². The Bertz CT molecular complexity index is 879. The van der Waals surface area contributed by atoms with Crippen LogP contribution in [0.5, 0.6) is 0 Å². The van der Waals surface area contributed by atoms with Gasteiger partial charge in [-0.1, -0.05) is 37.3 Å². The molecule has 6 heteroatoms. The Kier molecular flexibility index (Phi) is 5.66. The van der Waals surface area contributed by atoms with E-state index in [-0.39, 0.29) is 5.91 Å². The summed E-state index contributed by atoms with van der Waals surface area (Å²) in [5.74, 6) is 0.163. The van der Waals surface area contributed by atoms with E-state index in [1.807, 2.05) is 22.4 Å². The summed E-state index contributed by atoms with van der Waals surface area (Å²) < 4.78 is 0. The molecule has 3 aromatic rings. The quantitative estimate of drug-likeness (QED) is 0.641. The summed E-state index contributed by atoms with van der Waals surface area (Å²) in [5, 5.41) is 5.20. The molecule has 0 saturated carbocycles. The number of rotatable bonds is 5. The second kappa shape index (κ2) is 8.33. The van der Waals surface area contributed by atoms with Gasteiger partial charge in [-0.2, -0.15) is 0 Å². The number of carbonyl (C=O) groups is 1. The molecule has 4 nitrogen and oxygen atoms in total. The van der Waals surface area contributed by atoms with Gasteiger partial charge in [-0.15, -0.1) is 22.7 Å². The summed E-state index contributed by atoms with van der Waals surface area (Å²) in [6.45, 7) is 6.39. The lowest BCUT2D eigenvalue weighted by Crippen LogP contribution is -2.48. The molecule has 0 bridgehead atoms. The van der Waals surface area contributed by atoms with Crippen LogP contribution in [0.25, 0.3) is 10.6 Å². The smallest absolute Gasteiger partial charge is 0.264 e. The maximum Gasteiger partial charge on any atom is 0.264 e. The number of aromatic nitrogens is 1. The molecule has 0 unspecified atom stereocenters. The van der Waals surface area contributed by atoms with Crippen molar-refractivity contribution in [3.05, 3.63) is 63.3 Å². The van der Waals surface area contributed by atoms with Crippen LogP contribution >= 0.6 is 22.7 Å². The van der Waals surface area contributed by atoms with Crippen molar-refractivity contribution in [3.63, 3.8) is 0 Å².